The Kier molecular flexibility index (Phi) is 15.1. The molecule has 3 aliphatic rings. The molecular formula is C38H53FI2N6O. The van der Waals surface area contributed by atoms with Crippen LogP contribution in [0.15, 0.2) is 66.7 Å². The Balaban J connectivity index is 0.00000260. The van der Waals surface area contributed by atoms with Gasteiger partial charge in [-0.05, 0) is 59.5 Å². The molecule has 0 aromatic heterocycles. The third kappa shape index (κ3) is 10.9. The van der Waals surface area contributed by atoms with Crippen molar-refractivity contribution in [1.29, 1.82) is 0 Å². The van der Waals surface area contributed by atoms with E-state index in [1.54, 1.807) is 6.07 Å². The van der Waals surface area contributed by atoms with Gasteiger partial charge < -0.3 is 39.1 Å². The second-order valence-corrected chi connectivity index (χ2v) is 14.1. The Hall–Kier alpha value is -1.68. The summed E-state index contributed by atoms with van der Waals surface area (Å²) in [4.78, 5) is 20.7. The Bertz CT molecular complexity index is 1480. The second kappa shape index (κ2) is 18.5. The van der Waals surface area contributed by atoms with Gasteiger partial charge in [0.15, 0.2) is 0 Å². The van der Waals surface area contributed by atoms with Crippen molar-refractivity contribution in [2.24, 2.45) is 0 Å². The Morgan fingerprint density at radius 2 is 1.56 bits per heavy atom. The van der Waals surface area contributed by atoms with Gasteiger partial charge in [0, 0.05) is 102 Å². The highest BCUT2D eigenvalue weighted by Gasteiger charge is 2.28. The molecule has 0 unspecified atom stereocenters. The molecule has 3 aliphatic heterocycles. The van der Waals surface area contributed by atoms with Crippen molar-refractivity contribution >= 4 is 29.9 Å². The Morgan fingerprint density at radius 3 is 2.31 bits per heavy atom. The largest absolute Gasteiger partial charge is 1.00 e. The number of nitrogens with zero attached hydrogens (tertiary/aromatic N) is 4. The van der Waals surface area contributed by atoms with Gasteiger partial charge in [0.05, 0.1) is 26.7 Å². The van der Waals surface area contributed by atoms with E-state index < -0.39 is 0 Å². The summed E-state index contributed by atoms with van der Waals surface area (Å²) >= 11 is 0. The van der Waals surface area contributed by atoms with E-state index in [0.29, 0.717) is 23.7 Å². The number of hydrogen-bond acceptors (Lipinski definition) is 5. The minimum absolute atomic E-state index is 0. The predicted octanol–water partition coefficient (Wildman–Crippen LogP) is 2.20. The number of hydrogen-bond donors (Lipinski definition) is 2. The zero-order chi connectivity index (χ0) is 31.9. The molecule has 48 heavy (non-hydrogen) atoms. The fraction of sp³-hybridized carbons (Fsp3) is 0.500. The van der Waals surface area contributed by atoms with Crippen LogP contribution in [0, 0.1) is 5.82 Å². The highest BCUT2D eigenvalue weighted by molar-refractivity contribution is 14.0. The number of amides is 1. The topological polar surface area (TPSA) is 50.9 Å². The first-order valence-corrected chi connectivity index (χ1v) is 17.3. The minimum Gasteiger partial charge on any atom is -1.00 e. The highest BCUT2D eigenvalue weighted by atomic mass is 127. The van der Waals surface area contributed by atoms with Crippen molar-refractivity contribution in [2.45, 2.75) is 45.4 Å². The van der Waals surface area contributed by atoms with Gasteiger partial charge in [0.2, 0.25) is 0 Å². The molecule has 0 bridgehead atoms. The highest BCUT2D eigenvalue weighted by Crippen LogP contribution is 2.26. The summed E-state index contributed by atoms with van der Waals surface area (Å²) in [5, 5.41) is 6.55. The van der Waals surface area contributed by atoms with Crippen molar-refractivity contribution in [2.75, 3.05) is 79.0 Å². The van der Waals surface area contributed by atoms with Crippen LogP contribution in [0.2, 0.25) is 0 Å². The van der Waals surface area contributed by atoms with Crippen LogP contribution in [0.1, 0.15) is 46.8 Å². The van der Waals surface area contributed by atoms with Gasteiger partial charge in [0.25, 0.3) is 5.91 Å². The van der Waals surface area contributed by atoms with Crippen LogP contribution in [0.25, 0.3) is 11.1 Å². The van der Waals surface area contributed by atoms with Crippen molar-refractivity contribution < 1.29 is 37.6 Å². The molecule has 10 heteroatoms. The number of carbonyl (C=O) groups is 1. The minimum atomic E-state index is -0.251. The molecule has 3 aromatic carbocycles. The number of nitrogens with one attached hydrogen (secondary N) is 2. The van der Waals surface area contributed by atoms with Crippen LogP contribution < -0.4 is 34.6 Å². The van der Waals surface area contributed by atoms with Crippen LogP contribution in [0.4, 0.5) is 4.39 Å². The Labute approximate surface area is 321 Å². The molecule has 0 radical (unpaired) electrons. The van der Waals surface area contributed by atoms with Gasteiger partial charge in [-0.3, -0.25) is 19.5 Å². The molecule has 1 atom stereocenters. The van der Waals surface area contributed by atoms with Crippen molar-refractivity contribution in [3.05, 3.63) is 94.8 Å². The maximum Gasteiger partial charge on any atom is 0.251 e. The quantitative estimate of drug-likeness (QED) is 0.229. The van der Waals surface area contributed by atoms with Crippen LogP contribution >= 0.6 is 24.0 Å². The summed E-state index contributed by atoms with van der Waals surface area (Å²) in [6, 6.07) is 21.8. The third-order valence-electron chi connectivity index (χ3n) is 10.2. The van der Waals surface area contributed by atoms with E-state index in [9.17, 15) is 4.79 Å². The average molecular weight is 883 g/mol. The van der Waals surface area contributed by atoms with E-state index >= 15 is 4.39 Å². The van der Waals surface area contributed by atoms with Crippen LogP contribution in [-0.4, -0.2) is 110 Å². The molecule has 3 aromatic rings. The number of benzene rings is 3. The molecule has 262 valence electrons. The lowest BCUT2D eigenvalue weighted by atomic mass is 10.00. The first kappa shape index (κ1) is 39.1. The van der Waals surface area contributed by atoms with Crippen molar-refractivity contribution in [1.82, 2.24) is 25.3 Å². The number of likely N-dealkylation sites (N-methyl/N-ethyl adjacent to an activating group) is 1. The molecule has 3 fully saturated rings. The zero-order valence-corrected chi connectivity index (χ0v) is 33.1. The van der Waals surface area contributed by atoms with Gasteiger partial charge in [-0.1, -0.05) is 36.4 Å². The lowest BCUT2D eigenvalue weighted by molar-refractivity contribution is -0.897. The van der Waals surface area contributed by atoms with Gasteiger partial charge in [-0.2, -0.15) is 0 Å². The normalized spacial score (nSPS) is 20.1. The van der Waals surface area contributed by atoms with Crippen LogP contribution in [-0.2, 0) is 19.6 Å². The number of quaternary nitrogens is 1. The summed E-state index contributed by atoms with van der Waals surface area (Å²) in [5.74, 6) is -0.359. The van der Waals surface area contributed by atoms with E-state index in [1.165, 1.54) is 55.1 Å². The summed E-state index contributed by atoms with van der Waals surface area (Å²) in [7, 11) is 2.42. The van der Waals surface area contributed by atoms with E-state index in [4.69, 9.17) is 0 Å². The van der Waals surface area contributed by atoms with Gasteiger partial charge >= 0.3 is 0 Å². The number of carbonyl (C=O) groups excluding carboxylic acids is 1. The lowest BCUT2D eigenvalue weighted by Gasteiger charge is -2.37. The average Bonchev–Trinajstić information content (AvgIpc) is 3.50. The first-order chi connectivity index (χ1) is 22.3. The number of halogens is 3. The zero-order valence-electron chi connectivity index (χ0n) is 28.6. The molecule has 3 saturated heterocycles. The van der Waals surface area contributed by atoms with Gasteiger partial charge in [0.1, 0.15) is 5.82 Å². The van der Waals surface area contributed by atoms with E-state index in [1.807, 2.05) is 36.4 Å². The van der Waals surface area contributed by atoms with E-state index in [2.05, 4.69) is 57.5 Å². The monoisotopic (exact) mass is 882 g/mol. The smallest absolute Gasteiger partial charge is 0.251 e. The SMILES string of the molecule is C[C@H]1CN(Cc2cccc(-c3cc(CNC(=O)c4cccc(CN5CCN(CC[N+]6(C)CCCC6)CC5)c4)ccc3F)c2)CCN1.I.[I-]. The molecule has 0 saturated carbocycles. The molecule has 1 amide bonds. The molecule has 6 rings (SSSR count). The third-order valence-corrected chi connectivity index (χ3v) is 10.2. The summed E-state index contributed by atoms with van der Waals surface area (Å²) < 4.78 is 16.3. The van der Waals surface area contributed by atoms with Crippen molar-refractivity contribution in [3.8, 4) is 11.1 Å². The maximum atomic E-state index is 15.0. The van der Waals surface area contributed by atoms with Crippen molar-refractivity contribution in [3.63, 3.8) is 0 Å². The lowest BCUT2D eigenvalue weighted by Crippen LogP contribution is -3.00. The number of likely N-dealkylation sites (tertiary alicyclic amines) is 1. The van der Waals surface area contributed by atoms with E-state index in [0.717, 1.165) is 75.6 Å². The number of piperazine rings is 2. The summed E-state index contributed by atoms with van der Waals surface area (Å²) in [5.41, 5.74) is 5.31. The summed E-state index contributed by atoms with van der Waals surface area (Å²) in [6.45, 7) is 16.7. The first-order valence-electron chi connectivity index (χ1n) is 17.3. The van der Waals surface area contributed by atoms with Crippen LogP contribution in [0.3, 0.4) is 0 Å². The molecule has 0 aliphatic carbocycles. The fourth-order valence-corrected chi connectivity index (χ4v) is 7.38. The van der Waals surface area contributed by atoms with Gasteiger partial charge in [-0.15, -0.1) is 24.0 Å². The predicted molar refractivity (Wildman–Crippen MR) is 199 cm³/mol. The molecule has 3 heterocycles. The second-order valence-electron chi connectivity index (χ2n) is 14.1. The fourth-order valence-electron chi connectivity index (χ4n) is 7.38. The summed E-state index contributed by atoms with van der Waals surface area (Å²) in [6.07, 6.45) is 2.75. The molecule has 7 nitrogen and oxygen atoms in total. The maximum absolute atomic E-state index is 15.0. The number of rotatable bonds is 11. The van der Waals surface area contributed by atoms with E-state index in [-0.39, 0.29) is 59.7 Å². The van der Waals surface area contributed by atoms with Gasteiger partial charge in [-0.25, -0.2) is 4.39 Å². The van der Waals surface area contributed by atoms with Crippen LogP contribution in [0.5, 0.6) is 0 Å². The Morgan fingerprint density at radius 1 is 0.875 bits per heavy atom. The molecule has 2 N–H and O–H groups in total. The molecule has 0 spiro atoms. The molecular weight excluding hydrogens is 829 g/mol. The standard InChI is InChI=1S/C38H51FN6O.2HI/c1-30-27-44(14-13-40-30)29-32-7-5-9-34(23-32)36-25-31(11-12-37(36)39)26-41-38(46)35-10-6-8-33(24-35)28-43-17-15-42(16-18-43)19-22-45(2)20-3-4-21-45;;/h5-12,23-25,30,40H,3-4,13-22,26-29H2,1-2H3;2*1H/t30-;;/m0../s1.